The molecule has 0 spiro atoms. The zero-order chi connectivity index (χ0) is 59.5. The largest absolute Gasteiger partial charge is 0.507 e. The lowest BCUT2D eigenvalue weighted by Crippen LogP contribution is -2.12. The van der Waals surface area contributed by atoms with Crippen molar-refractivity contribution in [3.05, 3.63) is 166 Å². The van der Waals surface area contributed by atoms with Gasteiger partial charge >= 0.3 is 0 Å². The molecule has 6 aromatic carbocycles. The third-order valence-electron chi connectivity index (χ3n) is 12.6. The molecular formula is C62H69N3O. The minimum Gasteiger partial charge on any atom is -0.507 e. The van der Waals surface area contributed by atoms with Gasteiger partial charge in [-0.05, 0) is 157 Å². The Balaban J connectivity index is 1.36. The van der Waals surface area contributed by atoms with Crippen molar-refractivity contribution in [1.29, 1.82) is 0 Å². The standard InChI is InChI=1S/C62H69N3O/c1-37(2)44-29-45(38(3)4)31-46(30-44)42-21-24-55(39(5)27-42)65-56-18-16-17-52(57(56)64-59(65)53-36-50(61(10,11)12)28-40(6)58(53)66)47-32-48(34-51(33-47)62(13,14)15)54-35-43(25-26-63-54)41-19-22-49(23-20-41)60(7,8)9/h16-38,66H,1-15H3/i5D3,7D3,8D3,9D3,37D,38D. The molecular weight excluding hydrogens is 803 g/mol. The van der Waals surface area contributed by atoms with E-state index in [1.807, 2.05) is 78.2 Å². The van der Waals surface area contributed by atoms with Gasteiger partial charge in [-0.25, -0.2) is 4.98 Å². The number of imidazole rings is 1. The summed E-state index contributed by atoms with van der Waals surface area (Å²) >= 11 is 0. The maximum atomic E-state index is 12.1. The fourth-order valence-corrected chi connectivity index (χ4v) is 8.47. The van der Waals surface area contributed by atoms with Crippen LogP contribution in [0.1, 0.15) is 160 Å². The summed E-state index contributed by atoms with van der Waals surface area (Å²) in [6, 6.07) is 35.8. The van der Waals surface area contributed by atoms with Crippen molar-refractivity contribution in [3.63, 3.8) is 0 Å². The average molecular weight is 886 g/mol. The minimum atomic E-state index is -3.40. The maximum absolute atomic E-state index is 12.1. The number of rotatable bonds is 8. The SMILES string of the molecule is [2H]C([2H])([2H])c1cc(-c2cc(C([2H])(C)C)cc(C([2H])(C)C)c2)ccc1-n1c(-c2cc(C(C)(C)C)cc(C)c2O)nc2c(-c3cc(-c4cc(-c5ccc(C(C([2H])([2H])[2H])(C([2H])([2H])[2H])C([2H])([2H])[2H])cc5)ccn4)cc(C(C)(C)C)c3)cccc21. The van der Waals surface area contributed by atoms with Gasteiger partial charge in [0, 0.05) is 36.5 Å². The topological polar surface area (TPSA) is 50.9 Å². The van der Waals surface area contributed by atoms with E-state index in [0.717, 1.165) is 22.3 Å². The highest BCUT2D eigenvalue weighted by atomic mass is 16.3. The van der Waals surface area contributed by atoms with Crippen molar-refractivity contribution in [3.8, 4) is 67.5 Å². The summed E-state index contributed by atoms with van der Waals surface area (Å²) in [5.74, 6) is -1.71. The summed E-state index contributed by atoms with van der Waals surface area (Å²) in [6.45, 7) is 8.61. The van der Waals surface area contributed by atoms with E-state index in [1.165, 1.54) is 24.3 Å². The number of nitrogens with zero attached hydrogens (tertiary/aromatic N) is 3. The average Bonchev–Trinajstić information content (AvgIpc) is 3.72. The number of benzene rings is 6. The van der Waals surface area contributed by atoms with Crippen LogP contribution in [0.3, 0.4) is 0 Å². The van der Waals surface area contributed by atoms with Crippen LogP contribution in [0.25, 0.3) is 72.7 Å². The first-order valence-corrected chi connectivity index (χ1v) is 22.4. The number of aryl methyl sites for hydroxylation is 2. The molecule has 0 aliphatic heterocycles. The number of hydrogen-bond donors (Lipinski definition) is 1. The van der Waals surface area contributed by atoms with Gasteiger partial charge in [0.1, 0.15) is 11.6 Å². The van der Waals surface area contributed by atoms with Gasteiger partial charge in [-0.1, -0.05) is 163 Å². The number of fused-ring (bicyclic) bond motifs is 1. The van der Waals surface area contributed by atoms with Gasteiger partial charge in [-0.15, -0.1) is 0 Å². The van der Waals surface area contributed by atoms with Gasteiger partial charge < -0.3 is 5.11 Å². The zero-order valence-electron chi connectivity index (χ0n) is 53.9. The van der Waals surface area contributed by atoms with Gasteiger partial charge in [0.15, 0.2) is 0 Å². The van der Waals surface area contributed by atoms with Crippen molar-refractivity contribution in [2.24, 2.45) is 0 Å². The van der Waals surface area contributed by atoms with E-state index in [4.69, 9.17) is 29.2 Å². The van der Waals surface area contributed by atoms with Crippen molar-refractivity contribution in [2.75, 3.05) is 0 Å². The lowest BCUT2D eigenvalue weighted by atomic mass is 9.83. The van der Waals surface area contributed by atoms with E-state index in [0.29, 0.717) is 78.3 Å². The molecule has 4 heteroatoms. The molecule has 0 fully saturated rings. The lowest BCUT2D eigenvalue weighted by molar-refractivity contribution is 0.471. The third-order valence-corrected chi connectivity index (χ3v) is 12.6. The molecule has 66 heavy (non-hydrogen) atoms. The Kier molecular flexibility index (Phi) is 8.23. The molecule has 0 saturated heterocycles. The summed E-state index contributed by atoms with van der Waals surface area (Å²) in [5, 5.41) is 12.1. The van der Waals surface area contributed by atoms with Gasteiger partial charge in [-0.3, -0.25) is 9.55 Å². The van der Waals surface area contributed by atoms with E-state index >= 15 is 0 Å². The number of para-hydroxylation sites is 1. The van der Waals surface area contributed by atoms with Crippen molar-refractivity contribution < 1.29 is 24.3 Å². The normalized spacial score (nSPS) is 16.7. The van der Waals surface area contributed by atoms with E-state index in [-0.39, 0.29) is 22.3 Å². The predicted octanol–water partition coefficient (Wildman–Crippen LogP) is 17.2. The molecule has 8 aromatic rings. The van der Waals surface area contributed by atoms with E-state index < -0.39 is 50.0 Å². The van der Waals surface area contributed by atoms with E-state index in [1.54, 1.807) is 52.1 Å². The van der Waals surface area contributed by atoms with E-state index in [9.17, 15) is 5.11 Å². The fraction of sp³-hybridized carbons (Fsp3) is 0.323. The quantitative estimate of drug-likeness (QED) is 0.165. The maximum Gasteiger partial charge on any atom is 0.149 e. The molecule has 0 saturated carbocycles. The Hall–Kier alpha value is -6.26. The number of phenols is 1. The second-order valence-corrected chi connectivity index (χ2v) is 20.2. The molecule has 1 N–H and O–H groups in total. The molecule has 0 atom stereocenters. The summed E-state index contributed by atoms with van der Waals surface area (Å²) in [7, 11) is 0. The summed E-state index contributed by atoms with van der Waals surface area (Å²) in [6.07, 6.45) is 1.63. The minimum absolute atomic E-state index is 0.00714. The molecule has 0 radical (unpaired) electrons. The molecule has 2 aromatic heterocycles. The Morgan fingerprint density at radius 2 is 1.20 bits per heavy atom. The predicted molar refractivity (Wildman–Crippen MR) is 281 cm³/mol. The summed E-state index contributed by atoms with van der Waals surface area (Å²) < 4.78 is 121. The van der Waals surface area contributed by atoms with Crippen LogP contribution < -0.4 is 0 Å². The molecule has 2 heterocycles. The van der Waals surface area contributed by atoms with Gasteiger partial charge in [-0.2, -0.15) is 0 Å². The number of phenolic OH excluding ortho intramolecular Hbond substituents is 1. The van der Waals surface area contributed by atoms with Gasteiger partial charge in [0.05, 0.1) is 28.0 Å². The molecule has 0 aliphatic carbocycles. The Morgan fingerprint density at radius 3 is 1.83 bits per heavy atom. The first kappa shape index (κ1) is 31.6. The van der Waals surface area contributed by atoms with E-state index in [2.05, 4.69) is 53.7 Å². The van der Waals surface area contributed by atoms with Crippen LogP contribution in [-0.2, 0) is 16.2 Å². The summed E-state index contributed by atoms with van der Waals surface area (Å²) in [4.78, 5) is 10.2. The lowest BCUT2D eigenvalue weighted by Gasteiger charge is -2.22. The monoisotopic (exact) mass is 886 g/mol. The van der Waals surface area contributed by atoms with Crippen molar-refractivity contribution in [1.82, 2.24) is 14.5 Å². The second kappa shape index (κ2) is 17.2. The van der Waals surface area contributed by atoms with Crippen molar-refractivity contribution in [2.45, 2.75) is 132 Å². The number of hydrogen-bond acceptors (Lipinski definition) is 3. The molecule has 0 unspecified atom stereocenters. The van der Waals surface area contributed by atoms with Crippen LogP contribution in [0.5, 0.6) is 5.75 Å². The highest BCUT2D eigenvalue weighted by molar-refractivity contribution is 5.97. The van der Waals surface area contributed by atoms with Crippen LogP contribution in [0, 0.1) is 13.8 Å². The molecule has 4 nitrogen and oxygen atoms in total. The van der Waals surface area contributed by atoms with Crippen LogP contribution >= 0.6 is 0 Å². The zero-order valence-corrected chi connectivity index (χ0v) is 39.9. The van der Waals surface area contributed by atoms with Crippen LogP contribution in [0.4, 0.5) is 0 Å². The molecule has 0 bridgehead atoms. The first-order chi connectivity index (χ1) is 36.5. The Labute approximate surface area is 414 Å². The van der Waals surface area contributed by atoms with Crippen LogP contribution in [-0.4, -0.2) is 19.6 Å². The number of aromatic hydroxyl groups is 1. The number of aromatic nitrogens is 3. The van der Waals surface area contributed by atoms with Gasteiger partial charge in [0.2, 0.25) is 0 Å². The fourth-order valence-electron chi connectivity index (χ4n) is 8.47. The van der Waals surface area contributed by atoms with Crippen LogP contribution in [0.2, 0.25) is 0 Å². The van der Waals surface area contributed by atoms with Crippen molar-refractivity contribution >= 4 is 11.0 Å². The van der Waals surface area contributed by atoms with Crippen LogP contribution in [0.15, 0.2) is 128 Å². The smallest absolute Gasteiger partial charge is 0.149 e. The van der Waals surface area contributed by atoms with Gasteiger partial charge in [0.25, 0.3) is 0 Å². The molecule has 8 rings (SSSR count). The third kappa shape index (κ3) is 9.12. The molecule has 0 aliphatic rings. The molecule has 338 valence electrons. The Morgan fingerprint density at radius 1 is 0.561 bits per heavy atom. The summed E-state index contributed by atoms with van der Waals surface area (Å²) in [5.41, 5.74) is 6.72. The molecule has 0 amide bonds. The second-order valence-electron chi connectivity index (χ2n) is 20.2. The number of pyridine rings is 1. The first-order valence-electron chi connectivity index (χ1n) is 29.4. The Bertz CT molecular complexity index is 3600. The highest BCUT2D eigenvalue weighted by Crippen LogP contribution is 2.43. The highest BCUT2D eigenvalue weighted by Gasteiger charge is 2.26.